The van der Waals surface area contributed by atoms with Crippen LogP contribution in [0, 0.1) is 13.8 Å². The molecule has 2 aromatic rings. The quantitative estimate of drug-likeness (QED) is 0.840. The predicted octanol–water partition coefficient (Wildman–Crippen LogP) is 2.98. The summed E-state index contributed by atoms with van der Waals surface area (Å²) in [5.41, 5.74) is 3.40. The fraction of sp³-hybridized carbons (Fsp3) is 0.308. The molecule has 84 valence electrons. The van der Waals surface area contributed by atoms with Crippen LogP contribution in [0.2, 0.25) is 0 Å². The summed E-state index contributed by atoms with van der Waals surface area (Å²) in [7, 11) is 0. The molecule has 0 aliphatic rings. The number of benzene rings is 1. The number of carboxylic acid groups (broad SMARTS) is 1. The Kier molecular flexibility index (Phi) is 2.46. The van der Waals surface area contributed by atoms with Crippen LogP contribution in [0.25, 0.3) is 10.9 Å². The molecule has 0 radical (unpaired) electrons. The molecule has 0 aliphatic heterocycles. The lowest BCUT2D eigenvalue weighted by Crippen LogP contribution is -2.00. The van der Waals surface area contributed by atoms with Crippen LogP contribution in [0.4, 0.5) is 0 Å². The first-order chi connectivity index (χ1) is 7.54. The van der Waals surface area contributed by atoms with Crippen molar-refractivity contribution in [1.29, 1.82) is 0 Å². The summed E-state index contributed by atoms with van der Waals surface area (Å²) in [6.07, 6.45) is 2.07. The number of aromatic nitrogens is 1. The Bertz CT molecular complexity index is 567. The summed E-state index contributed by atoms with van der Waals surface area (Å²) in [4.78, 5) is 11.1. The van der Waals surface area contributed by atoms with E-state index < -0.39 is 5.97 Å². The van der Waals surface area contributed by atoms with E-state index in [1.807, 2.05) is 19.9 Å². The molecule has 1 heterocycles. The van der Waals surface area contributed by atoms with Crippen molar-refractivity contribution < 1.29 is 9.90 Å². The molecule has 0 unspecified atom stereocenters. The van der Waals surface area contributed by atoms with Gasteiger partial charge in [-0.15, -0.1) is 0 Å². The zero-order valence-corrected chi connectivity index (χ0v) is 9.74. The SMILES string of the molecule is CCn1cc(C)c2cc(C)c(C(=O)O)cc21. The molecular weight excluding hydrogens is 202 g/mol. The van der Waals surface area contributed by atoms with Gasteiger partial charge in [-0.2, -0.15) is 0 Å². The number of carboxylic acids is 1. The molecule has 0 spiro atoms. The van der Waals surface area contributed by atoms with Crippen molar-refractivity contribution in [3.05, 3.63) is 35.0 Å². The normalized spacial score (nSPS) is 10.9. The fourth-order valence-electron chi connectivity index (χ4n) is 2.11. The maximum absolute atomic E-state index is 11.1. The number of fused-ring (bicyclic) bond motifs is 1. The molecule has 0 bridgehead atoms. The van der Waals surface area contributed by atoms with Gasteiger partial charge in [0.15, 0.2) is 0 Å². The Hall–Kier alpha value is -1.77. The largest absolute Gasteiger partial charge is 0.478 e. The van der Waals surface area contributed by atoms with Gasteiger partial charge in [0.1, 0.15) is 0 Å². The molecule has 3 nitrogen and oxygen atoms in total. The summed E-state index contributed by atoms with van der Waals surface area (Å²) in [6, 6.07) is 3.73. The smallest absolute Gasteiger partial charge is 0.336 e. The van der Waals surface area contributed by atoms with E-state index in [1.54, 1.807) is 6.07 Å². The van der Waals surface area contributed by atoms with Crippen LogP contribution >= 0.6 is 0 Å². The third-order valence-corrected chi connectivity index (χ3v) is 3.00. The number of nitrogens with zero attached hydrogens (tertiary/aromatic N) is 1. The lowest BCUT2D eigenvalue weighted by molar-refractivity contribution is 0.0696. The van der Waals surface area contributed by atoms with E-state index in [9.17, 15) is 4.79 Å². The number of hydrogen-bond donors (Lipinski definition) is 1. The summed E-state index contributed by atoms with van der Waals surface area (Å²) < 4.78 is 2.08. The summed E-state index contributed by atoms with van der Waals surface area (Å²) in [5.74, 6) is -0.860. The second-order valence-electron chi connectivity index (χ2n) is 4.09. The van der Waals surface area contributed by atoms with Crippen molar-refractivity contribution in [2.45, 2.75) is 27.3 Å². The molecule has 0 atom stereocenters. The highest BCUT2D eigenvalue weighted by atomic mass is 16.4. The van der Waals surface area contributed by atoms with Gasteiger partial charge in [-0.1, -0.05) is 0 Å². The van der Waals surface area contributed by atoms with E-state index in [4.69, 9.17) is 5.11 Å². The highest BCUT2D eigenvalue weighted by Crippen LogP contribution is 2.24. The average Bonchev–Trinajstić information content (AvgIpc) is 2.54. The Balaban J connectivity index is 2.81. The molecular formula is C13H15NO2. The third kappa shape index (κ3) is 1.48. The maximum Gasteiger partial charge on any atom is 0.336 e. The standard InChI is InChI=1S/C13H15NO2/c1-4-14-7-9(3)10-5-8(2)11(13(15)16)6-12(10)14/h5-7H,4H2,1-3H3,(H,15,16). The highest BCUT2D eigenvalue weighted by Gasteiger charge is 2.12. The van der Waals surface area contributed by atoms with Gasteiger partial charge in [-0.05, 0) is 44.0 Å². The van der Waals surface area contributed by atoms with Crippen molar-refractivity contribution in [3.63, 3.8) is 0 Å². The monoisotopic (exact) mass is 217 g/mol. The van der Waals surface area contributed by atoms with E-state index >= 15 is 0 Å². The summed E-state index contributed by atoms with van der Waals surface area (Å²) in [6.45, 7) is 6.80. The van der Waals surface area contributed by atoms with Crippen LogP contribution in [0.15, 0.2) is 18.3 Å². The van der Waals surface area contributed by atoms with Crippen LogP contribution in [0.5, 0.6) is 0 Å². The Morgan fingerprint density at radius 1 is 1.31 bits per heavy atom. The minimum absolute atomic E-state index is 0.389. The minimum atomic E-state index is -0.860. The number of aryl methyl sites for hydroxylation is 3. The molecule has 0 saturated carbocycles. The first kappa shape index (κ1) is 10.7. The number of hydrogen-bond acceptors (Lipinski definition) is 1. The van der Waals surface area contributed by atoms with Gasteiger partial charge in [0, 0.05) is 23.6 Å². The van der Waals surface area contributed by atoms with Gasteiger partial charge >= 0.3 is 5.97 Å². The zero-order valence-electron chi connectivity index (χ0n) is 9.74. The molecule has 0 aliphatic carbocycles. The van der Waals surface area contributed by atoms with Gasteiger partial charge in [-0.25, -0.2) is 4.79 Å². The van der Waals surface area contributed by atoms with Crippen LogP contribution < -0.4 is 0 Å². The fourth-order valence-corrected chi connectivity index (χ4v) is 2.11. The van der Waals surface area contributed by atoms with E-state index in [-0.39, 0.29) is 0 Å². The molecule has 0 fully saturated rings. The van der Waals surface area contributed by atoms with Gasteiger partial charge in [0.05, 0.1) is 5.56 Å². The number of aromatic carboxylic acids is 1. The topological polar surface area (TPSA) is 42.2 Å². The van der Waals surface area contributed by atoms with Crippen molar-refractivity contribution in [2.24, 2.45) is 0 Å². The van der Waals surface area contributed by atoms with E-state index in [1.165, 1.54) is 5.56 Å². The molecule has 2 rings (SSSR count). The van der Waals surface area contributed by atoms with Crippen LogP contribution in [0.3, 0.4) is 0 Å². The van der Waals surface area contributed by atoms with Crippen molar-refractivity contribution in [1.82, 2.24) is 4.57 Å². The molecule has 1 N–H and O–H groups in total. The lowest BCUT2D eigenvalue weighted by Gasteiger charge is -2.04. The van der Waals surface area contributed by atoms with Crippen LogP contribution in [-0.2, 0) is 6.54 Å². The lowest BCUT2D eigenvalue weighted by atomic mass is 10.0. The first-order valence-electron chi connectivity index (χ1n) is 5.38. The number of rotatable bonds is 2. The molecule has 1 aromatic carbocycles. The molecule has 0 amide bonds. The maximum atomic E-state index is 11.1. The molecule has 0 saturated heterocycles. The second-order valence-corrected chi connectivity index (χ2v) is 4.09. The summed E-state index contributed by atoms with van der Waals surface area (Å²) in [5, 5.41) is 10.2. The Morgan fingerprint density at radius 3 is 2.56 bits per heavy atom. The predicted molar refractivity (Wildman–Crippen MR) is 64.0 cm³/mol. The van der Waals surface area contributed by atoms with Crippen molar-refractivity contribution in [2.75, 3.05) is 0 Å². The van der Waals surface area contributed by atoms with E-state index in [2.05, 4.69) is 17.7 Å². The van der Waals surface area contributed by atoms with E-state index in [0.29, 0.717) is 5.56 Å². The Labute approximate surface area is 94.3 Å². The zero-order chi connectivity index (χ0) is 11.9. The van der Waals surface area contributed by atoms with Gasteiger partial charge < -0.3 is 9.67 Å². The number of carbonyl (C=O) groups is 1. The van der Waals surface area contributed by atoms with Crippen molar-refractivity contribution >= 4 is 16.9 Å². The summed E-state index contributed by atoms with van der Waals surface area (Å²) >= 11 is 0. The average molecular weight is 217 g/mol. The van der Waals surface area contributed by atoms with Crippen molar-refractivity contribution in [3.8, 4) is 0 Å². The Morgan fingerprint density at radius 2 is 2.00 bits per heavy atom. The van der Waals surface area contributed by atoms with Gasteiger partial charge in [0.25, 0.3) is 0 Å². The van der Waals surface area contributed by atoms with Gasteiger partial charge in [-0.3, -0.25) is 0 Å². The molecule has 1 aromatic heterocycles. The highest BCUT2D eigenvalue weighted by molar-refractivity contribution is 5.96. The molecule has 3 heteroatoms. The first-order valence-corrected chi connectivity index (χ1v) is 5.38. The second kappa shape index (κ2) is 3.67. The van der Waals surface area contributed by atoms with E-state index in [0.717, 1.165) is 23.0 Å². The van der Waals surface area contributed by atoms with Gasteiger partial charge in [0.2, 0.25) is 0 Å². The van der Waals surface area contributed by atoms with Crippen LogP contribution in [-0.4, -0.2) is 15.6 Å². The molecule has 16 heavy (non-hydrogen) atoms. The third-order valence-electron chi connectivity index (χ3n) is 3.00. The minimum Gasteiger partial charge on any atom is -0.478 e. The van der Waals surface area contributed by atoms with Crippen LogP contribution in [0.1, 0.15) is 28.4 Å².